The molecule has 0 saturated carbocycles. The van der Waals surface area contributed by atoms with E-state index >= 15 is 0 Å². The number of carbonyl (C=O) groups excluding carboxylic acids is 1. The van der Waals surface area contributed by atoms with Crippen molar-refractivity contribution >= 4 is 22.8 Å². The van der Waals surface area contributed by atoms with E-state index in [1.807, 2.05) is 18.3 Å². The molecular formula is C18H14FN5O. The van der Waals surface area contributed by atoms with Crippen LogP contribution in [0.15, 0.2) is 54.7 Å². The van der Waals surface area contributed by atoms with E-state index in [0.29, 0.717) is 17.8 Å². The largest absolute Gasteiger partial charge is 0.361 e. The standard InChI is InChI=1S/C18H14FN5O/c19-14-5-1-11(2-6-14)9-16-21-18(24-23-16)22-17(25)13-4-3-12-7-8-20-15(12)10-13/h1-8,10,20H,9H2,(H2,21,22,23,24,25). The van der Waals surface area contributed by atoms with Crippen LogP contribution in [-0.2, 0) is 6.42 Å². The van der Waals surface area contributed by atoms with E-state index in [-0.39, 0.29) is 17.7 Å². The minimum Gasteiger partial charge on any atom is -0.361 e. The lowest BCUT2D eigenvalue weighted by atomic mass is 10.1. The third kappa shape index (κ3) is 3.25. The normalized spacial score (nSPS) is 10.9. The molecule has 3 N–H and O–H groups in total. The fourth-order valence-corrected chi connectivity index (χ4v) is 2.59. The van der Waals surface area contributed by atoms with Gasteiger partial charge in [-0.3, -0.25) is 15.2 Å². The number of anilines is 1. The Balaban J connectivity index is 1.46. The van der Waals surface area contributed by atoms with Crippen molar-refractivity contribution in [2.75, 3.05) is 5.32 Å². The Morgan fingerprint density at radius 1 is 1.12 bits per heavy atom. The summed E-state index contributed by atoms with van der Waals surface area (Å²) in [6.07, 6.45) is 2.29. The number of hydrogen-bond acceptors (Lipinski definition) is 3. The molecule has 2 aromatic carbocycles. The molecule has 0 aliphatic heterocycles. The fraction of sp³-hybridized carbons (Fsp3) is 0.0556. The number of halogens is 1. The summed E-state index contributed by atoms with van der Waals surface area (Å²) in [4.78, 5) is 19.6. The molecule has 1 amide bonds. The lowest BCUT2D eigenvalue weighted by Crippen LogP contribution is -2.13. The molecule has 0 bridgehead atoms. The molecule has 124 valence electrons. The van der Waals surface area contributed by atoms with E-state index in [2.05, 4.69) is 25.5 Å². The lowest BCUT2D eigenvalue weighted by Gasteiger charge is -2.01. The highest BCUT2D eigenvalue weighted by Gasteiger charge is 2.11. The molecule has 0 aliphatic carbocycles. The summed E-state index contributed by atoms with van der Waals surface area (Å²) in [7, 11) is 0. The SMILES string of the molecule is O=C(Nc1n[nH]c(Cc2ccc(F)cc2)n1)c1ccc2cc[nH]c2c1. The number of aromatic nitrogens is 4. The van der Waals surface area contributed by atoms with Gasteiger partial charge in [0.25, 0.3) is 5.91 Å². The zero-order valence-electron chi connectivity index (χ0n) is 13.1. The molecule has 2 heterocycles. The smallest absolute Gasteiger partial charge is 0.258 e. The van der Waals surface area contributed by atoms with E-state index in [9.17, 15) is 9.18 Å². The van der Waals surface area contributed by atoms with Gasteiger partial charge < -0.3 is 4.98 Å². The molecule has 0 aliphatic rings. The summed E-state index contributed by atoms with van der Waals surface area (Å²) in [5.74, 6) is 0.215. The van der Waals surface area contributed by atoms with Crippen molar-refractivity contribution in [2.24, 2.45) is 0 Å². The summed E-state index contributed by atoms with van der Waals surface area (Å²) < 4.78 is 12.9. The minimum atomic E-state index is -0.288. The zero-order chi connectivity index (χ0) is 17.2. The Kier molecular flexibility index (Phi) is 3.74. The maximum absolute atomic E-state index is 12.9. The van der Waals surface area contributed by atoms with Gasteiger partial charge >= 0.3 is 0 Å². The van der Waals surface area contributed by atoms with Crippen LogP contribution < -0.4 is 5.32 Å². The van der Waals surface area contributed by atoms with E-state index in [1.54, 1.807) is 24.3 Å². The van der Waals surface area contributed by atoms with E-state index in [0.717, 1.165) is 16.5 Å². The molecule has 25 heavy (non-hydrogen) atoms. The highest BCUT2D eigenvalue weighted by Crippen LogP contribution is 2.15. The van der Waals surface area contributed by atoms with Crippen molar-refractivity contribution in [1.29, 1.82) is 0 Å². The van der Waals surface area contributed by atoms with Gasteiger partial charge in [0.15, 0.2) is 0 Å². The maximum atomic E-state index is 12.9. The monoisotopic (exact) mass is 335 g/mol. The van der Waals surface area contributed by atoms with Gasteiger partial charge in [-0.15, -0.1) is 5.10 Å². The number of H-pyrrole nitrogens is 2. The van der Waals surface area contributed by atoms with E-state index < -0.39 is 0 Å². The first-order valence-corrected chi connectivity index (χ1v) is 7.71. The van der Waals surface area contributed by atoms with Gasteiger partial charge in [-0.25, -0.2) is 4.39 Å². The first kappa shape index (κ1) is 15.1. The molecule has 0 fully saturated rings. The molecule has 0 atom stereocenters. The predicted octanol–water partition coefficient (Wildman–Crippen LogP) is 3.27. The summed E-state index contributed by atoms with van der Waals surface area (Å²) in [6.45, 7) is 0. The number of benzene rings is 2. The highest BCUT2D eigenvalue weighted by atomic mass is 19.1. The van der Waals surface area contributed by atoms with Gasteiger partial charge in [-0.05, 0) is 41.3 Å². The third-order valence-corrected chi connectivity index (χ3v) is 3.86. The Bertz CT molecular complexity index is 1040. The summed E-state index contributed by atoms with van der Waals surface area (Å²) in [6, 6.07) is 13.5. The zero-order valence-corrected chi connectivity index (χ0v) is 13.1. The molecule has 0 saturated heterocycles. The van der Waals surface area contributed by atoms with Gasteiger partial charge in [-0.1, -0.05) is 18.2 Å². The van der Waals surface area contributed by atoms with Crippen LogP contribution in [0.5, 0.6) is 0 Å². The van der Waals surface area contributed by atoms with E-state index in [4.69, 9.17) is 0 Å². The molecule has 4 rings (SSSR count). The van der Waals surface area contributed by atoms with Crippen LogP contribution >= 0.6 is 0 Å². The van der Waals surface area contributed by atoms with Crippen LogP contribution in [0.25, 0.3) is 10.9 Å². The molecule has 0 unspecified atom stereocenters. The van der Waals surface area contributed by atoms with E-state index in [1.165, 1.54) is 12.1 Å². The van der Waals surface area contributed by atoms with Crippen molar-refractivity contribution in [1.82, 2.24) is 20.2 Å². The second kappa shape index (κ2) is 6.20. The number of amides is 1. The Labute approximate surface area is 142 Å². The Morgan fingerprint density at radius 2 is 1.96 bits per heavy atom. The first-order valence-electron chi connectivity index (χ1n) is 7.71. The Morgan fingerprint density at radius 3 is 2.80 bits per heavy atom. The molecule has 7 heteroatoms. The fourth-order valence-electron chi connectivity index (χ4n) is 2.59. The predicted molar refractivity (Wildman–Crippen MR) is 91.8 cm³/mol. The van der Waals surface area contributed by atoms with Gasteiger partial charge in [0.2, 0.25) is 5.95 Å². The van der Waals surface area contributed by atoms with Crippen LogP contribution in [-0.4, -0.2) is 26.1 Å². The van der Waals surface area contributed by atoms with Crippen molar-refractivity contribution in [2.45, 2.75) is 6.42 Å². The van der Waals surface area contributed by atoms with Gasteiger partial charge in [0, 0.05) is 23.7 Å². The van der Waals surface area contributed by atoms with Crippen molar-refractivity contribution in [3.63, 3.8) is 0 Å². The maximum Gasteiger partial charge on any atom is 0.258 e. The minimum absolute atomic E-state index is 0.202. The average molecular weight is 335 g/mol. The summed E-state index contributed by atoms with van der Waals surface area (Å²) >= 11 is 0. The average Bonchev–Trinajstić information content (AvgIpc) is 3.25. The molecule has 2 aromatic heterocycles. The number of hydrogen-bond donors (Lipinski definition) is 3. The number of carbonyl (C=O) groups is 1. The topological polar surface area (TPSA) is 86.5 Å². The molecular weight excluding hydrogens is 321 g/mol. The molecule has 4 aromatic rings. The quantitative estimate of drug-likeness (QED) is 0.535. The van der Waals surface area contributed by atoms with Gasteiger partial charge in [0.05, 0.1) is 0 Å². The number of rotatable bonds is 4. The van der Waals surface area contributed by atoms with Crippen LogP contribution in [0.4, 0.5) is 10.3 Å². The number of nitrogens with zero attached hydrogens (tertiary/aromatic N) is 2. The van der Waals surface area contributed by atoms with Crippen molar-refractivity contribution in [3.05, 3.63) is 77.5 Å². The first-order chi connectivity index (χ1) is 12.2. The van der Waals surface area contributed by atoms with Gasteiger partial charge in [0.1, 0.15) is 11.6 Å². The second-order valence-corrected chi connectivity index (χ2v) is 5.64. The molecule has 0 spiro atoms. The summed E-state index contributed by atoms with van der Waals surface area (Å²) in [5.41, 5.74) is 2.30. The van der Waals surface area contributed by atoms with Crippen LogP contribution in [0, 0.1) is 5.82 Å². The second-order valence-electron chi connectivity index (χ2n) is 5.64. The summed E-state index contributed by atoms with van der Waals surface area (Å²) in [5, 5.41) is 10.5. The van der Waals surface area contributed by atoms with Crippen LogP contribution in [0.2, 0.25) is 0 Å². The Hall–Kier alpha value is -3.48. The molecule has 6 nitrogen and oxygen atoms in total. The highest BCUT2D eigenvalue weighted by molar-refractivity contribution is 6.05. The lowest BCUT2D eigenvalue weighted by molar-refractivity contribution is 0.102. The third-order valence-electron chi connectivity index (χ3n) is 3.86. The number of nitrogens with one attached hydrogen (secondary N) is 3. The number of aromatic amines is 2. The van der Waals surface area contributed by atoms with Crippen molar-refractivity contribution in [3.8, 4) is 0 Å². The van der Waals surface area contributed by atoms with Crippen LogP contribution in [0.3, 0.4) is 0 Å². The van der Waals surface area contributed by atoms with Crippen LogP contribution in [0.1, 0.15) is 21.7 Å². The van der Waals surface area contributed by atoms with Crippen molar-refractivity contribution < 1.29 is 9.18 Å². The molecule has 0 radical (unpaired) electrons. The van der Waals surface area contributed by atoms with Gasteiger partial charge in [-0.2, -0.15) is 4.98 Å². The number of fused-ring (bicyclic) bond motifs is 1.